The Bertz CT molecular complexity index is 212. The molecule has 1 rings (SSSR count). The molecule has 0 aromatic carbocycles. The summed E-state index contributed by atoms with van der Waals surface area (Å²) in [5, 5.41) is 9.11. The van der Waals surface area contributed by atoms with Gasteiger partial charge in [0.15, 0.2) is 0 Å². The Kier molecular flexibility index (Phi) is 4.54. The summed E-state index contributed by atoms with van der Waals surface area (Å²) in [6.07, 6.45) is 2.36. The maximum Gasteiger partial charge on any atom is 0.321 e. The van der Waals surface area contributed by atoms with Crippen LogP contribution in [0.2, 0.25) is 0 Å². The Morgan fingerprint density at radius 1 is 1.60 bits per heavy atom. The van der Waals surface area contributed by atoms with Gasteiger partial charge in [-0.3, -0.25) is 9.69 Å². The summed E-state index contributed by atoms with van der Waals surface area (Å²) in [6, 6.07) is -0.408. The van der Waals surface area contributed by atoms with Gasteiger partial charge in [0.05, 0.1) is 6.10 Å². The van der Waals surface area contributed by atoms with E-state index in [0.717, 1.165) is 26.0 Å². The predicted octanol–water partition coefficient (Wildman–Crippen LogP) is 1.21. The smallest absolute Gasteiger partial charge is 0.321 e. The minimum Gasteiger partial charge on any atom is -0.480 e. The van der Waals surface area contributed by atoms with Crippen LogP contribution in [-0.4, -0.2) is 48.3 Å². The molecule has 15 heavy (non-hydrogen) atoms. The van der Waals surface area contributed by atoms with Gasteiger partial charge in [-0.15, -0.1) is 0 Å². The lowest BCUT2D eigenvalue weighted by Crippen LogP contribution is -2.45. The number of carboxylic acid groups (broad SMARTS) is 1. The number of hydrogen-bond donors (Lipinski definition) is 1. The van der Waals surface area contributed by atoms with Crippen molar-refractivity contribution < 1.29 is 14.6 Å². The molecule has 4 nitrogen and oxygen atoms in total. The third-order valence-corrected chi connectivity index (χ3v) is 2.87. The molecule has 0 aliphatic carbocycles. The average molecular weight is 215 g/mol. The van der Waals surface area contributed by atoms with Crippen LogP contribution in [0.4, 0.5) is 0 Å². The molecule has 0 saturated carbocycles. The van der Waals surface area contributed by atoms with Gasteiger partial charge < -0.3 is 9.84 Å². The van der Waals surface area contributed by atoms with E-state index in [1.807, 2.05) is 25.8 Å². The average Bonchev–Trinajstić information content (AvgIpc) is 2.54. The maximum absolute atomic E-state index is 11.1. The molecule has 88 valence electrons. The van der Waals surface area contributed by atoms with Crippen molar-refractivity contribution in [1.82, 2.24) is 4.90 Å². The monoisotopic (exact) mass is 215 g/mol. The second-order valence-electron chi connectivity index (χ2n) is 4.60. The van der Waals surface area contributed by atoms with Gasteiger partial charge in [0.25, 0.3) is 0 Å². The lowest BCUT2D eigenvalue weighted by atomic mass is 10.0. The second-order valence-corrected chi connectivity index (χ2v) is 4.60. The normalized spacial score (nSPS) is 23.7. The van der Waals surface area contributed by atoms with Crippen LogP contribution in [0.1, 0.15) is 26.7 Å². The summed E-state index contributed by atoms with van der Waals surface area (Å²) in [5.74, 6) is -0.626. The number of likely N-dealkylation sites (N-methyl/N-ethyl adjacent to an activating group) is 1. The molecule has 1 N–H and O–H groups in total. The van der Waals surface area contributed by atoms with Gasteiger partial charge in [-0.2, -0.15) is 0 Å². The minimum atomic E-state index is -0.745. The molecule has 0 aromatic heterocycles. The third-order valence-electron chi connectivity index (χ3n) is 2.87. The van der Waals surface area contributed by atoms with Crippen LogP contribution in [0.25, 0.3) is 0 Å². The number of rotatable bonds is 5. The van der Waals surface area contributed by atoms with E-state index in [9.17, 15) is 4.79 Å². The van der Waals surface area contributed by atoms with Gasteiger partial charge in [-0.25, -0.2) is 0 Å². The lowest BCUT2D eigenvalue weighted by Gasteiger charge is -2.29. The number of ether oxygens (including phenoxy) is 1. The first-order chi connectivity index (χ1) is 7.02. The van der Waals surface area contributed by atoms with Gasteiger partial charge >= 0.3 is 5.97 Å². The first-order valence-electron chi connectivity index (χ1n) is 5.57. The highest BCUT2D eigenvalue weighted by molar-refractivity contribution is 5.73. The highest BCUT2D eigenvalue weighted by Crippen LogP contribution is 2.16. The summed E-state index contributed by atoms with van der Waals surface area (Å²) >= 11 is 0. The molecular formula is C11H21NO3. The van der Waals surface area contributed by atoms with Crippen LogP contribution < -0.4 is 0 Å². The SMILES string of the molecule is CC(C)C(C(=O)O)N(C)CC1CCCO1. The largest absolute Gasteiger partial charge is 0.480 e. The Morgan fingerprint density at radius 3 is 2.67 bits per heavy atom. The number of aliphatic carboxylic acids is 1. The first-order valence-corrected chi connectivity index (χ1v) is 5.57. The van der Waals surface area contributed by atoms with Crippen LogP contribution in [0, 0.1) is 5.92 Å². The topological polar surface area (TPSA) is 49.8 Å². The zero-order chi connectivity index (χ0) is 11.4. The highest BCUT2D eigenvalue weighted by Gasteiger charge is 2.28. The van der Waals surface area contributed by atoms with Crippen molar-refractivity contribution in [3.05, 3.63) is 0 Å². The molecule has 4 heteroatoms. The third kappa shape index (κ3) is 3.47. The maximum atomic E-state index is 11.1. The van der Waals surface area contributed by atoms with Crippen molar-refractivity contribution in [2.24, 2.45) is 5.92 Å². The summed E-state index contributed by atoms with van der Waals surface area (Å²) in [4.78, 5) is 13.0. The highest BCUT2D eigenvalue weighted by atomic mass is 16.5. The molecule has 1 aliphatic heterocycles. The van der Waals surface area contributed by atoms with Crippen LogP contribution in [-0.2, 0) is 9.53 Å². The molecule has 2 atom stereocenters. The molecule has 0 amide bonds. The minimum absolute atomic E-state index is 0.119. The van der Waals surface area contributed by atoms with Crippen molar-refractivity contribution in [3.8, 4) is 0 Å². The zero-order valence-corrected chi connectivity index (χ0v) is 9.77. The number of carboxylic acids is 1. The van der Waals surface area contributed by atoms with Crippen molar-refractivity contribution >= 4 is 5.97 Å². The van der Waals surface area contributed by atoms with E-state index >= 15 is 0 Å². The van der Waals surface area contributed by atoms with Gasteiger partial charge in [-0.05, 0) is 25.8 Å². The number of carbonyl (C=O) groups is 1. The van der Waals surface area contributed by atoms with E-state index in [2.05, 4.69) is 0 Å². The quantitative estimate of drug-likeness (QED) is 0.749. The molecule has 1 aliphatic rings. The number of hydrogen-bond acceptors (Lipinski definition) is 3. The van der Waals surface area contributed by atoms with E-state index in [1.54, 1.807) is 0 Å². The molecule has 0 bridgehead atoms. The predicted molar refractivity (Wildman–Crippen MR) is 57.9 cm³/mol. The summed E-state index contributed by atoms with van der Waals surface area (Å²) < 4.78 is 5.50. The van der Waals surface area contributed by atoms with Gasteiger partial charge in [0.1, 0.15) is 6.04 Å². The van der Waals surface area contributed by atoms with E-state index in [1.165, 1.54) is 0 Å². The second kappa shape index (κ2) is 5.47. The molecular weight excluding hydrogens is 194 g/mol. The van der Waals surface area contributed by atoms with Crippen LogP contribution >= 0.6 is 0 Å². The fraction of sp³-hybridized carbons (Fsp3) is 0.909. The van der Waals surface area contributed by atoms with Gasteiger partial charge in [-0.1, -0.05) is 13.8 Å². The number of nitrogens with zero attached hydrogens (tertiary/aromatic N) is 1. The van der Waals surface area contributed by atoms with E-state index in [0.29, 0.717) is 0 Å². The van der Waals surface area contributed by atoms with E-state index in [-0.39, 0.29) is 12.0 Å². The van der Waals surface area contributed by atoms with Crippen LogP contribution in [0.3, 0.4) is 0 Å². The first kappa shape index (κ1) is 12.5. The summed E-state index contributed by atoms with van der Waals surface area (Å²) in [7, 11) is 1.86. The zero-order valence-electron chi connectivity index (χ0n) is 9.77. The molecule has 1 fully saturated rings. The molecule has 0 spiro atoms. The van der Waals surface area contributed by atoms with Gasteiger partial charge in [0.2, 0.25) is 0 Å². The van der Waals surface area contributed by atoms with Crippen LogP contribution in [0.15, 0.2) is 0 Å². The fourth-order valence-electron chi connectivity index (χ4n) is 2.21. The van der Waals surface area contributed by atoms with E-state index < -0.39 is 12.0 Å². The Labute approximate surface area is 91.2 Å². The van der Waals surface area contributed by atoms with Crippen molar-refractivity contribution in [1.29, 1.82) is 0 Å². The van der Waals surface area contributed by atoms with Crippen LogP contribution in [0.5, 0.6) is 0 Å². The lowest BCUT2D eigenvalue weighted by molar-refractivity contribution is -0.145. The molecule has 0 radical (unpaired) electrons. The molecule has 0 aromatic rings. The Balaban J connectivity index is 2.48. The summed E-state index contributed by atoms with van der Waals surface area (Å²) in [6.45, 7) is 5.41. The van der Waals surface area contributed by atoms with Crippen molar-refractivity contribution in [2.45, 2.75) is 38.8 Å². The Morgan fingerprint density at radius 2 is 2.27 bits per heavy atom. The van der Waals surface area contributed by atoms with Crippen molar-refractivity contribution in [3.63, 3.8) is 0 Å². The Hall–Kier alpha value is -0.610. The standard InChI is InChI=1S/C11H21NO3/c1-8(2)10(11(13)14)12(3)7-9-5-4-6-15-9/h8-10H,4-7H2,1-3H3,(H,13,14). The van der Waals surface area contributed by atoms with Gasteiger partial charge in [0, 0.05) is 13.2 Å². The van der Waals surface area contributed by atoms with E-state index in [4.69, 9.17) is 9.84 Å². The molecule has 1 saturated heterocycles. The fourth-order valence-corrected chi connectivity index (χ4v) is 2.21. The molecule has 1 heterocycles. The summed E-state index contributed by atoms with van der Waals surface area (Å²) in [5.41, 5.74) is 0. The van der Waals surface area contributed by atoms with Crippen molar-refractivity contribution in [2.75, 3.05) is 20.2 Å². The molecule has 2 unspecified atom stereocenters.